The molecule has 5 nitrogen and oxygen atoms in total. The molecule has 0 saturated heterocycles. The molecule has 1 heterocycles. The Kier molecular flexibility index (Phi) is 5.20. The Bertz CT molecular complexity index is 644. The highest BCUT2D eigenvalue weighted by molar-refractivity contribution is 5.80. The van der Waals surface area contributed by atoms with Crippen molar-refractivity contribution in [3.63, 3.8) is 0 Å². The third kappa shape index (κ3) is 3.74. The van der Waals surface area contributed by atoms with E-state index in [4.69, 9.17) is 0 Å². The van der Waals surface area contributed by atoms with Gasteiger partial charge in [0.25, 0.3) is 5.56 Å². The van der Waals surface area contributed by atoms with Gasteiger partial charge in [0.2, 0.25) is 5.95 Å². The average Bonchev–Trinajstić information content (AvgIpc) is 2.48. The summed E-state index contributed by atoms with van der Waals surface area (Å²) in [7, 11) is 0. The minimum atomic E-state index is -0.205. The molecule has 0 spiro atoms. The second-order valence-corrected chi connectivity index (χ2v) is 5.29. The highest BCUT2D eigenvalue weighted by Gasteiger charge is 2.11. The molecule has 0 aliphatic carbocycles. The molecule has 1 aromatic heterocycles. The van der Waals surface area contributed by atoms with Crippen LogP contribution in [0, 0.1) is 0 Å². The highest BCUT2D eigenvalue weighted by Crippen LogP contribution is 2.17. The maximum Gasteiger partial charge on any atom is 0.260 e. The van der Waals surface area contributed by atoms with E-state index in [1.165, 1.54) is 6.07 Å². The number of anilines is 1. The van der Waals surface area contributed by atoms with Crippen LogP contribution in [0.5, 0.6) is 5.75 Å². The molecule has 0 radical (unpaired) electrons. The first-order chi connectivity index (χ1) is 10.2. The molecule has 1 aromatic carbocycles. The standard InChI is InChI=1S/C16H23N3O2/c1-3-5-9-19(10-6-4-2)16-17-14-8-7-12(20)11-13(14)15(21)18-16/h7-8,11,20H,3-6,9-10H2,1-2H3,(H,17,18,21). The average molecular weight is 289 g/mol. The lowest BCUT2D eigenvalue weighted by atomic mass is 10.2. The van der Waals surface area contributed by atoms with E-state index < -0.39 is 0 Å². The summed E-state index contributed by atoms with van der Waals surface area (Å²) in [6.45, 7) is 6.08. The Hall–Kier alpha value is -2.04. The maximum absolute atomic E-state index is 12.2. The fourth-order valence-electron chi connectivity index (χ4n) is 2.29. The Labute approximate surface area is 124 Å². The van der Waals surface area contributed by atoms with Gasteiger partial charge in [-0.05, 0) is 31.0 Å². The highest BCUT2D eigenvalue weighted by atomic mass is 16.3. The number of unbranched alkanes of at least 4 members (excludes halogenated alkanes) is 2. The van der Waals surface area contributed by atoms with Gasteiger partial charge in [0.1, 0.15) is 5.75 Å². The van der Waals surface area contributed by atoms with E-state index in [1.54, 1.807) is 12.1 Å². The molecule has 0 bridgehead atoms. The predicted octanol–water partition coefficient (Wildman–Crippen LogP) is 3.04. The quantitative estimate of drug-likeness (QED) is 0.822. The van der Waals surface area contributed by atoms with E-state index in [0.717, 1.165) is 38.8 Å². The summed E-state index contributed by atoms with van der Waals surface area (Å²) in [6.07, 6.45) is 4.35. The number of nitrogens with zero attached hydrogens (tertiary/aromatic N) is 2. The molecule has 0 fully saturated rings. The van der Waals surface area contributed by atoms with Crippen LogP contribution in [-0.4, -0.2) is 28.2 Å². The van der Waals surface area contributed by atoms with Crippen molar-refractivity contribution in [3.05, 3.63) is 28.6 Å². The van der Waals surface area contributed by atoms with Crippen LogP contribution in [0.15, 0.2) is 23.0 Å². The number of nitrogens with one attached hydrogen (secondary N) is 1. The number of phenols is 1. The van der Waals surface area contributed by atoms with Crippen LogP contribution >= 0.6 is 0 Å². The second kappa shape index (κ2) is 7.11. The number of phenolic OH excluding ortho intramolecular Hbond substituents is 1. The number of H-pyrrole nitrogens is 1. The molecule has 0 unspecified atom stereocenters. The van der Waals surface area contributed by atoms with Crippen LogP contribution in [-0.2, 0) is 0 Å². The van der Waals surface area contributed by atoms with Gasteiger partial charge in [-0.1, -0.05) is 26.7 Å². The summed E-state index contributed by atoms with van der Waals surface area (Å²) in [5.41, 5.74) is 0.411. The van der Waals surface area contributed by atoms with Gasteiger partial charge in [-0.2, -0.15) is 0 Å². The normalized spacial score (nSPS) is 11.0. The molecule has 0 aliphatic rings. The Morgan fingerprint density at radius 2 is 1.86 bits per heavy atom. The summed E-state index contributed by atoms with van der Waals surface area (Å²) in [6, 6.07) is 4.69. The van der Waals surface area contributed by atoms with Gasteiger partial charge in [-0.15, -0.1) is 0 Å². The fraction of sp³-hybridized carbons (Fsp3) is 0.500. The first-order valence-electron chi connectivity index (χ1n) is 7.63. The minimum absolute atomic E-state index is 0.0800. The summed E-state index contributed by atoms with van der Waals surface area (Å²) in [5, 5.41) is 9.90. The molecule has 2 N–H and O–H groups in total. The van der Waals surface area contributed by atoms with Crippen LogP contribution in [0.3, 0.4) is 0 Å². The van der Waals surface area contributed by atoms with Crippen molar-refractivity contribution < 1.29 is 5.11 Å². The third-order valence-corrected chi connectivity index (χ3v) is 3.54. The van der Waals surface area contributed by atoms with E-state index in [9.17, 15) is 9.90 Å². The summed E-state index contributed by atoms with van der Waals surface area (Å²) in [4.78, 5) is 21.7. The summed E-state index contributed by atoms with van der Waals surface area (Å²) >= 11 is 0. The number of aromatic nitrogens is 2. The molecule has 0 amide bonds. The Morgan fingerprint density at radius 3 is 2.48 bits per heavy atom. The molecule has 0 saturated carbocycles. The number of aromatic amines is 1. The van der Waals surface area contributed by atoms with E-state index in [0.29, 0.717) is 16.9 Å². The largest absolute Gasteiger partial charge is 0.508 e. The Balaban J connectivity index is 2.37. The molecular weight excluding hydrogens is 266 g/mol. The van der Waals surface area contributed by atoms with Gasteiger partial charge in [0.05, 0.1) is 10.9 Å². The number of aromatic hydroxyl groups is 1. The van der Waals surface area contributed by atoms with Crippen molar-refractivity contribution in [2.75, 3.05) is 18.0 Å². The second-order valence-electron chi connectivity index (χ2n) is 5.29. The predicted molar refractivity (Wildman–Crippen MR) is 86.1 cm³/mol. The van der Waals surface area contributed by atoms with Crippen LogP contribution in [0.2, 0.25) is 0 Å². The van der Waals surface area contributed by atoms with Gasteiger partial charge in [-0.3, -0.25) is 9.78 Å². The van der Waals surface area contributed by atoms with Crippen LogP contribution in [0.4, 0.5) is 5.95 Å². The maximum atomic E-state index is 12.2. The van der Waals surface area contributed by atoms with Crippen molar-refractivity contribution in [2.24, 2.45) is 0 Å². The number of fused-ring (bicyclic) bond motifs is 1. The summed E-state index contributed by atoms with van der Waals surface area (Å²) in [5.74, 6) is 0.705. The number of hydrogen-bond acceptors (Lipinski definition) is 4. The van der Waals surface area contributed by atoms with Gasteiger partial charge in [0, 0.05) is 13.1 Å². The first-order valence-corrected chi connectivity index (χ1v) is 7.63. The zero-order chi connectivity index (χ0) is 15.2. The molecule has 21 heavy (non-hydrogen) atoms. The molecule has 114 valence electrons. The van der Waals surface area contributed by atoms with E-state index >= 15 is 0 Å². The first kappa shape index (κ1) is 15.4. The fourth-order valence-corrected chi connectivity index (χ4v) is 2.29. The van der Waals surface area contributed by atoms with E-state index in [2.05, 4.69) is 28.7 Å². The SMILES string of the molecule is CCCCN(CCCC)c1nc2ccc(O)cc2c(=O)[nH]1. The van der Waals surface area contributed by atoms with Gasteiger partial charge >= 0.3 is 0 Å². The lowest BCUT2D eigenvalue weighted by Gasteiger charge is -2.23. The lowest BCUT2D eigenvalue weighted by molar-refractivity contribution is 0.476. The molecule has 0 atom stereocenters. The van der Waals surface area contributed by atoms with E-state index in [-0.39, 0.29) is 11.3 Å². The van der Waals surface area contributed by atoms with Crippen LogP contribution < -0.4 is 10.5 Å². The summed E-state index contributed by atoms with van der Waals surface area (Å²) < 4.78 is 0. The van der Waals surface area contributed by atoms with Crippen LogP contribution in [0.25, 0.3) is 10.9 Å². The van der Waals surface area contributed by atoms with Gasteiger partial charge in [-0.25, -0.2) is 4.98 Å². The molecule has 2 aromatic rings. The molecule has 0 aliphatic heterocycles. The van der Waals surface area contributed by atoms with Crippen LogP contribution in [0.1, 0.15) is 39.5 Å². The molecule has 5 heteroatoms. The van der Waals surface area contributed by atoms with Crippen molar-refractivity contribution in [1.82, 2.24) is 9.97 Å². The monoisotopic (exact) mass is 289 g/mol. The van der Waals surface area contributed by atoms with E-state index in [1.807, 2.05) is 0 Å². The third-order valence-electron chi connectivity index (χ3n) is 3.54. The van der Waals surface area contributed by atoms with Gasteiger partial charge < -0.3 is 10.0 Å². The number of benzene rings is 1. The topological polar surface area (TPSA) is 69.2 Å². The van der Waals surface area contributed by atoms with Gasteiger partial charge in [0.15, 0.2) is 0 Å². The number of hydrogen-bond donors (Lipinski definition) is 2. The minimum Gasteiger partial charge on any atom is -0.508 e. The van der Waals surface area contributed by atoms with Crippen molar-refractivity contribution >= 4 is 16.9 Å². The zero-order valence-corrected chi connectivity index (χ0v) is 12.7. The van der Waals surface area contributed by atoms with Crippen molar-refractivity contribution in [3.8, 4) is 5.75 Å². The lowest BCUT2D eigenvalue weighted by Crippen LogP contribution is -2.29. The molecule has 2 rings (SSSR count). The van der Waals surface area contributed by atoms with Crippen molar-refractivity contribution in [1.29, 1.82) is 0 Å². The molecular formula is C16H23N3O2. The zero-order valence-electron chi connectivity index (χ0n) is 12.7. The smallest absolute Gasteiger partial charge is 0.260 e. The van der Waals surface area contributed by atoms with Crippen molar-refractivity contribution in [2.45, 2.75) is 39.5 Å². The Morgan fingerprint density at radius 1 is 1.19 bits per heavy atom. The number of rotatable bonds is 7.